The van der Waals surface area contributed by atoms with Crippen LogP contribution in [-0.2, 0) is 11.3 Å². The van der Waals surface area contributed by atoms with Crippen molar-refractivity contribution in [3.05, 3.63) is 35.1 Å². The normalized spacial score (nSPS) is 16.6. The summed E-state index contributed by atoms with van der Waals surface area (Å²) in [5, 5.41) is 3.03. The van der Waals surface area contributed by atoms with Crippen molar-refractivity contribution in [2.24, 2.45) is 0 Å². The zero-order valence-corrected chi connectivity index (χ0v) is 11.4. The largest absolute Gasteiger partial charge is 0.377 e. The fraction of sp³-hybridized carbons (Fsp3) is 0.600. The molecule has 1 fully saturated rings. The lowest BCUT2D eigenvalue weighted by molar-refractivity contribution is 0.0302. The Morgan fingerprint density at radius 1 is 1.05 bits per heavy atom. The molecular formula is C15H20F3NO. The predicted octanol–water partition coefficient (Wildman–Crippen LogP) is 3.54. The van der Waals surface area contributed by atoms with E-state index in [1.807, 2.05) is 0 Å². The molecular weight excluding hydrogens is 267 g/mol. The van der Waals surface area contributed by atoms with Crippen LogP contribution in [0.4, 0.5) is 13.2 Å². The molecule has 1 N–H and O–H groups in total. The van der Waals surface area contributed by atoms with E-state index in [-0.39, 0.29) is 0 Å². The Hall–Kier alpha value is -1.07. The molecule has 0 amide bonds. The third-order valence-electron chi connectivity index (χ3n) is 3.56. The molecule has 1 aromatic rings. The molecule has 0 radical (unpaired) electrons. The van der Waals surface area contributed by atoms with E-state index >= 15 is 0 Å². The highest BCUT2D eigenvalue weighted by molar-refractivity contribution is 5.19. The van der Waals surface area contributed by atoms with E-state index in [0.717, 1.165) is 25.0 Å². The maximum atomic E-state index is 13.0. The van der Waals surface area contributed by atoms with Gasteiger partial charge in [-0.05, 0) is 30.5 Å². The van der Waals surface area contributed by atoms with Crippen LogP contribution in [-0.4, -0.2) is 19.3 Å². The van der Waals surface area contributed by atoms with E-state index in [9.17, 15) is 13.2 Å². The van der Waals surface area contributed by atoms with Crippen LogP contribution in [0.2, 0.25) is 0 Å². The number of halogens is 3. The summed E-state index contributed by atoms with van der Waals surface area (Å²) in [5.74, 6) is -3.73. The highest BCUT2D eigenvalue weighted by Crippen LogP contribution is 2.19. The molecule has 0 heterocycles. The quantitative estimate of drug-likeness (QED) is 0.638. The van der Waals surface area contributed by atoms with Gasteiger partial charge in [-0.15, -0.1) is 0 Å². The van der Waals surface area contributed by atoms with Gasteiger partial charge in [-0.25, -0.2) is 13.2 Å². The van der Waals surface area contributed by atoms with Crippen LogP contribution in [0.3, 0.4) is 0 Å². The van der Waals surface area contributed by atoms with Crippen molar-refractivity contribution in [3.8, 4) is 0 Å². The van der Waals surface area contributed by atoms with Gasteiger partial charge in [-0.1, -0.05) is 19.3 Å². The van der Waals surface area contributed by atoms with Gasteiger partial charge in [0.2, 0.25) is 0 Å². The molecule has 0 aliphatic heterocycles. The Morgan fingerprint density at radius 2 is 1.70 bits per heavy atom. The number of hydrogen-bond donors (Lipinski definition) is 1. The van der Waals surface area contributed by atoms with E-state index < -0.39 is 17.5 Å². The summed E-state index contributed by atoms with van der Waals surface area (Å²) in [7, 11) is 0. The first-order valence-electron chi connectivity index (χ1n) is 7.12. The topological polar surface area (TPSA) is 21.3 Å². The average Bonchev–Trinajstić information content (AvgIpc) is 2.45. The van der Waals surface area contributed by atoms with Gasteiger partial charge in [-0.3, -0.25) is 0 Å². The van der Waals surface area contributed by atoms with Crippen molar-refractivity contribution in [2.75, 3.05) is 13.2 Å². The maximum absolute atomic E-state index is 13.0. The van der Waals surface area contributed by atoms with Gasteiger partial charge in [0.1, 0.15) is 0 Å². The minimum atomic E-state index is -1.42. The van der Waals surface area contributed by atoms with Gasteiger partial charge in [0, 0.05) is 13.1 Å². The van der Waals surface area contributed by atoms with Crippen molar-refractivity contribution in [1.82, 2.24) is 5.32 Å². The van der Waals surface area contributed by atoms with E-state index in [4.69, 9.17) is 4.74 Å². The van der Waals surface area contributed by atoms with E-state index in [0.29, 0.717) is 31.4 Å². The summed E-state index contributed by atoms with van der Waals surface area (Å²) < 4.78 is 44.5. The Balaban J connectivity index is 1.65. The second-order valence-electron chi connectivity index (χ2n) is 5.18. The summed E-state index contributed by atoms with van der Waals surface area (Å²) in [6, 6.07) is 2.01. The molecule has 20 heavy (non-hydrogen) atoms. The van der Waals surface area contributed by atoms with Crippen molar-refractivity contribution >= 4 is 0 Å². The molecule has 5 heteroatoms. The summed E-state index contributed by atoms with van der Waals surface area (Å²) in [6.07, 6.45) is 6.34. The van der Waals surface area contributed by atoms with Crippen LogP contribution < -0.4 is 5.32 Å². The molecule has 1 aliphatic carbocycles. The second kappa shape index (κ2) is 7.64. The lowest BCUT2D eigenvalue weighted by Crippen LogP contribution is -2.24. The Labute approximate surface area is 117 Å². The third-order valence-corrected chi connectivity index (χ3v) is 3.56. The van der Waals surface area contributed by atoms with Crippen molar-refractivity contribution in [3.63, 3.8) is 0 Å². The molecule has 0 atom stereocenters. The summed E-state index contributed by atoms with van der Waals surface area (Å²) in [4.78, 5) is 0. The highest BCUT2D eigenvalue weighted by atomic mass is 19.2. The summed E-state index contributed by atoms with van der Waals surface area (Å²) in [6.45, 7) is 1.48. The van der Waals surface area contributed by atoms with Crippen molar-refractivity contribution in [2.45, 2.75) is 44.8 Å². The minimum Gasteiger partial charge on any atom is -0.377 e. The van der Waals surface area contributed by atoms with Crippen molar-refractivity contribution < 1.29 is 17.9 Å². The lowest BCUT2D eigenvalue weighted by Gasteiger charge is -2.22. The van der Waals surface area contributed by atoms with Gasteiger partial charge < -0.3 is 10.1 Å². The third kappa shape index (κ3) is 4.49. The van der Waals surface area contributed by atoms with Crippen LogP contribution in [0, 0.1) is 17.5 Å². The molecule has 2 nitrogen and oxygen atoms in total. The predicted molar refractivity (Wildman–Crippen MR) is 70.8 cm³/mol. The van der Waals surface area contributed by atoms with E-state index in [2.05, 4.69) is 5.32 Å². The van der Waals surface area contributed by atoms with Gasteiger partial charge in [0.15, 0.2) is 17.5 Å². The van der Waals surface area contributed by atoms with Gasteiger partial charge in [0.05, 0.1) is 12.7 Å². The summed E-state index contributed by atoms with van der Waals surface area (Å²) >= 11 is 0. The Bertz CT molecular complexity index is 410. The molecule has 112 valence electrons. The number of nitrogens with one attached hydrogen (secondary N) is 1. The van der Waals surface area contributed by atoms with Crippen molar-refractivity contribution in [1.29, 1.82) is 0 Å². The second-order valence-corrected chi connectivity index (χ2v) is 5.18. The maximum Gasteiger partial charge on any atom is 0.194 e. The fourth-order valence-corrected chi connectivity index (χ4v) is 2.47. The number of benzene rings is 1. The van der Waals surface area contributed by atoms with Crippen LogP contribution in [0.1, 0.15) is 37.7 Å². The average molecular weight is 287 g/mol. The van der Waals surface area contributed by atoms with Gasteiger partial charge in [-0.2, -0.15) is 0 Å². The van der Waals surface area contributed by atoms with E-state index in [1.54, 1.807) is 0 Å². The SMILES string of the molecule is Fc1cc(CNCCOC2CCCCC2)cc(F)c1F. The smallest absolute Gasteiger partial charge is 0.194 e. The molecule has 0 bridgehead atoms. The van der Waals surface area contributed by atoms with Crippen LogP contribution in [0.25, 0.3) is 0 Å². The van der Waals surface area contributed by atoms with Gasteiger partial charge >= 0.3 is 0 Å². The molecule has 2 rings (SSSR count). The summed E-state index contributed by atoms with van der Waals surface area (Å²) in [5.41, 5.74) is 0.388. The molecule has 0 aromatic heterocycles. The number of hydrogen-bond acceptors (Lipinski definition) is 2. The highest BCUT2D eigenvalue weighted by Gasteiger charge is 2.13. The molecule has 1 aliphatic rings. The number of ether oxygens (including phenoxy) is 1. The molecule has 1 aromatic carbocycles. The fourth-order valence-electron chi connectivity index (χ4n) is 2.47. The monoisotopic (exact) mass is 287 g/mol. The minimum absolute atomic E-state index is 0.294. The standard InChI is InChI=1S/C15H20F3NO/c16-13-8-11(9-14(17)15(13)18)10-19-6-7-20-12-4-2-1-3-5-12/h8-9,12,19H,1-7,10H2. The number of rotatable bonds is 6. The van der Waals surface area contributed by atoms with Gasteiger partial charge in [0.25, 0.3) is 0 Å². The first kappa shape index (κ1) is 15.3. The zero-order valence-electron chi connectivity index (χ0n) is 11.4. The molecule has 0 saturated heterocycles. The lowest BCUT2D eigenvalue weighted by atomic mass is 9.98. The molecule has 0 spiro atoms. The van der Waals surface area contributed by atoms with E-state index in [1.165, 1.54) is 19.3 Å². The van der Waals surface area contributed by atoms with Crippen LogP contribution in [0.5, 0.6) is 0 Å². The molecule has 0 unspecified atom stereocenters. The van der Waals surface area contributed by atoms with Crippen LogP contribution >= 0.6 is 0 Å². The Morgan fingerprint density at radius 3 is 2.35 bits per heavy atom. The Kier molecular flexibility index (Phi) is 5.86. The first-order valence-corrected chi connectivity index (χ1v) is 7.12. The zero-order chi connectivity index (χ0) is 14.4. The van der Waals surface area contributed by atoms with Crippen LogP contribution in [0.15, 0.2) is 12.1 Å². The molecule has 1 saturated carbocycles. The first-order chi connectivity index (χ1) is 9.66.